The summed E-state index contributed by atoms with van der Waals surface area (Å²) in [7, 11) is 4.69. The highest BCUT2D eigenvalue weighted by Gasteiger charge is 2.43. The molecule has 1 amide bonds. The summed E-state index contributed by atoms with van der Waals surface area (Å²) in [6.07, 6.45) is 10.0. The highest BCUT2D eigenvalue weighted by atomic mass is 16.5. The Balaban J connectivity index is 1.12. The molecule has 10 heteroatoms. The van der Waals surface area contributed by atoms with E-state index in [-0.39, 0.29) is 11.3 Å². The van der Waals surface area contributed by atoms with Crippen LogP contribution in [0.1, 0.15) is 48.7 Å². The molecule has 4 heterocycles. The summed E-state index contributed by atoms with van der Waals surface area (Å²) in [5.74, 6) is 2.31. The Morgan fingerprint density at radius 3 is 2.43 bits per heavy atom. The van der Waals surface area contributed by atoms with Crippen molar-refractivity contribution in [1.29, 1.82) is 0 Å². The van der Waals surface area contributed by atoms with Gasteiger partial charge in [0.2, 0.25) is 11.7 Å². The van der Waals surface area contributed by atoms with Gasteiger partial charge >= 0.3 is 0 Å². The molecule has 2 saturated heterocycles. The molecule has 2 aromatic heterocycles. The number of benzene rings is 2. The van der Waals surface area contributed by atoms with Crippen LogP contribution < -0.4 is 19.5 Å². The molecular weight excluding hydrogens is 592 g/mol. The number of methoxy groups -OCH3 is 3. The predicted molar refractivity (Wildman–Crippen MR) is 185 cm³/mol. The van der Waals surface area contributed by atoms with Crippen LogP contribution in [0.2, 0.25) is 0 Å². The molecule has 0 saturated carbocycles. The lowest BCUT2D eigenvalue weighted by Crippen LogP contribution is -2.43. The van der Waals surface area contributed by atoms with E-state index in [2.05, 4.69) is 64.2 Å². The van der Waals surface area contributed by atoms with E-state index in [1.165, 1.54) is 0 Å². The van der Waals surface area contributed by atoms with Gasteiger partial charge in [-0.1, -0.05) is 30.4 Å². The molecule has 0 radical (unpaired) electrons. The second-order valence-corrected chi connectivity index (χ2v) is 12.5. The van der Waals surface area contributed by atoms with Crippen molar-refractivity contribution in [3.05, 3.63) is 84.2 Å². The lowest BCUT2D eigenvalue weighted by Gasteiger charge is -2.36. The number of allylic oxidation sites excluding steroid dienone is 2. The van der Waals surface area contributed by atoms with Gasteiger partial charge in [-0.2, -0.15) is 0 Å². The second kappa shape index (κ2) is 14.5. The minimum absolute atomic E-state index is 0.0469. The Morgan fingerprint density at radius 1 is 1.00 bits per heavy atom. The van der Waals surface area contributed by atoms with Gasteiger partial charge in [-0.3, -0.25) is 9.78 Å². The van der Waals surface area contributed by atoms with Crippen LogP contribution in [0.5, 0.6) is 17.2 Å². The largest absolute Gasteiger partial charge is 0.493 e. The Morgan fingerprint density at radius 2 is 1.74 bits per heavy atom. The monoisotopic (exact) mass is 638 g/mol. The van der Waals surface area contributed by atoms with E-state index in [4.69, 9.17) is 24.2 Å². The number of carbonyl (C=O) groups excluding carboxylic acids is 1. The van der Waals surface area contributed by atoms with E-state index in [9.17, 15) is 4.79 Å². The van der Waals surface area contributed by atoms with Gasteiger partial charge in [0.15, 0.2) is 11.5 Å². The summed E-state index contributed by atoms with van der Waals surface area (Å²) < 4.78 is 18.8. The highest BCUT2D eigenvalue weighted by molar-refractivity contribution is 5.96. The van der Waals surface area contributed by atoms with E-state index in [1.807, 2.05) is 23.2 Å². The molecule has 0 aliphatic carbocycles. The molecule has 1 unspecified atom stereocenters. The third-order valence-electron chi connectivity index (χ3n) is 9.77. The molecule has 0 spiro atoms. The number of nitrogens with one attached hydrogen (secondary N) is 1. The number of hydrogen-bond donors (Lipinski definition) is 1. The number of aromatic nitrogens is 3. The zero-order valence-electron chi connectivity index (χ0n) is 27.9. The van der Waals surface area contributed by atoms with Crippen molar-refractivity contribution in [2.75, 3.05) is 59.4 Å². The molecule has 2 fully saturated rings. The number of carbonyl (C=O) groups is 1. The minimum atomic E-state index is -0.218. The number of likely N-dealkylation sites (tertiary alicyclic amines) is 2. The van der Waals surface area contributed by atoms with Gasteiger partial charge < -0.3 is 33.9 Å². The van der Waals surface area contributed by atoms with Crippen LogP contribution in [0.25, 0.3) is 11.0 Å². The van der Waals surface area contributed by atoms with Crippen molar-refractivity contribution in [3.8, 4) is 17.2 Å². The second-order valence-electron chi connectivity index (χ2n) is 12.5. The standard InChI is InChI=1S/C37H46N6O4/c1-5-6-19-43-30-12-8-7-11-29(30)40-36(43)39-28-14-20-41(21-15-28)22-16-37(33-13-9-10-18-38-33)17-23-42(26-37)35(44)27-24-31(45-2)34(47-4)32(25-27)46-3/h5-13,18,24-25,28H,14-17,19-23,26H2,1-4H3,(H,39,40). The molecule has 0 bridgehead atoms. The third-order valence-corrected chi connectivity index (χ3v) is 9.77. The molecule has 4 aromatic rings. The molecule has 2 aromatic carbocycles. The minimum Gasteiger partial charge on any atom is -0.493 e. The summed E-state index contributed by atoms with van der Waals surface area (Å²) in [6, 6.07) is 18.3. The summed E-state index contributed by atoms with van der Waals surface area (Å²) in [4.78, 5) is 28.1. The fraction of sp³-hybridized carbons (Fsp3) is 0.432. The van der Waals surface area contributed by atoms with Gasteiger partial charge in [-0.15, -0.1) is 0 Å². The van der Waals surface area contributed by atoms with Crippen LogP contribution in [0.15, 0.2) is 72.9 Å². The van der Waals surface area contributed by atoms with Gasteiger partial charge in [0.25, 0.3) is 5.91 Å². The molecule has 1 atom stereocenters. The van der Waals surface area contributed by atoms with Crippen LogP contribution in [0, 0.1) is 0 Å². The van der Waals surface area contributed by atoms with Crippen LogP contribution in [-0.4, -0.2) is 90.3 Å². The molecule has 248 valence electrons. The quantitative estimate of drug-likeness (QED) is 0.195. The third kappa shape index (κ3) is 6.79. The maximum atomic E-state index is 13.9. The van der Waals surface area contributed by atoms with Crippen molar-refractivity contribution >= 4 is 22.9 Å². The maximum Gasteiger partial charge on any atom is 0.254 e. The number of para-hydroxylation sites is 2. The lowest BCUT2D eigenvalue weighted by atomic mass is 9.79. The van der Waals surface area contributed by atoms with Crippen molar-refractivity contribution < 1.29 is 19.0 Å². The first-order valence-corrected chi connectivity index (χ1v) is 16.5. The van der Waals surface area contributed by atoms with Crippen molar-refractivity contribution in [2.45, 2.75) is 50.6 Å². The fourth-order valence-corrected chi connectivity index (χ4v) is 7.09. The number of amides is 1. The SMILES string of the molecule is CC=CCn1c(NC2CCN(CCC3(c4ccccn4)CCN(C(=O)c4cc(OC)c(OC)c(OC)c4)C3)CC2)nc2ccccc21. The Bertz CT molecular complexity index is 1670. The number of imidazole rings is 1. The first kappa shape index (κ1) is 32.4. The number of ether oxygens (including phenoxy) is 3. The van der Waals surface area contributed by atoms with Gasteiger partial charge in [0, 0.05) is 61.6 Å². The average Bonchev–Trinajstić information content (AvgIpc) is 3.72. The molecule has 10 nitrogen and oxygen atoms in total. The highest BCUT2D eigenvalue weighted by Crippen LogP contribution is 2.41. The summed E-state index contributed by atoms with van der Waals surface area (Å²) in [6.45, 7) is 7.10. The van der Waals surface area contributed by atoms with Gasteiger partial charge in [0.1, 0.15) is 0 Å². The maximum absolute atomic E-state index is 13.9. The number of anilines is 1. The number of rotatable bonds is 12. The number of nitrogens with zero attached hydrogens (tertiary/aromatic N) is 5. The van der Waals surface area contributed by atoms with E-state index in [0.29, 0.717) is 41.9 Å². The molecule has 6 rings (SSSR count). The Kier molecular flexibility index (Phi) is 9.96. The number of piperidine rings is 1. The molecule has 47 heavy (non-hydrogen) atoms. The van der Waals surface area contributed by atoms with Crippen LogP contribution >= 0.6 is 0 Å². The summed E-state index contributed by atoms with van der Waals surface area (Å²) >= 11 is 0. The smallest absolute Gasteiger partial charge is 0.254 e. The predicted octanol–water partition coefficient (Wildman–Crippen LogP) is 5.78. The normalized spacial score (nSPS) is 19.0. The molecule has 2 aliphatic heterocycles. The van der Waals surface area contributed by atoms with Gasteiger partial charge in [0.05, 0.1) is 32.4 Å². The van der Waals surface area contributed by atoms with Crippen molar-refractivity contribution in [3.63, 3.8) is 0 Å². The van der Waals surface area contributed by atoms with E-state index in [0.717, 1.165) is 74.5 Å². The van der Waals surface area contributed by atoms with Gasteiger partial charge in [-0.25, -0.2) is 4.98 Å². The molecule has 1 N–H and O–H groups in total. The van der Waals surface area contributed by atoms with Crippen molar-refractivity contribution in [2.24, 2.45) is 0 Å². The molecule has 2 aliphatic rings. The van der Waals surface area contributed by atoms with E-state index < -0.39 is 0 Å². The number of pyridine rings is 1. The lowest BCUT2D eigenvalue weighted by molar-refractivity contribution is 0.0779. The molecular formula is C37H46N6O4. The van der Waals surface area contributed by atoms with Crippen LogP contribution in [-0.2, 0) is 12.0 Å². The topological polar surface area (TPSA) is 94.0 Å². The van der Waals surface area contributed by atoms with Gasteiger partial charge in [-0.05, 0) is 75.5 Å². The zero-order chi connectivity index (χ0) is 32.8. The zero-order valence-corrected chi connectivity index (χ0v) is 27.9. The Labute approximate surface area is 277 Å². The van der Waals surface area contributed by atoms with E-state index in [1.54, 1.807) is 33.5 Å². The Hall–Kier alpha value is -4.57. The van der Waals surface area contributed by atoms with E-state index >= 15 is 0 Å². The van der Waals surface area contributed by atoms with Crippen molar-refractivity contribution in [1.82, 2.24) is 24.3 Å². The van der Waals surface area contributed by atoms with Crippen LogP contribution in [0.4, 0.5) is 5.95 Å². The summed E-state index contributed by atoms with van der Waals surface area (Å²) in [5.41, 5.74) is 3.53. The number of hydrogen-bond acceptors (Lipinski definition) is 8. The first-order chi connectivity index (χ1) is 23.0. The fourth-order valence-electron chi connectivity index (χ4n) is 7.09. The first-order valence-electron chi connectivity index (χ1n) is 16.5. The number of fused-ring (bicyclic) bond motifs is 1. The van der Waals surface area contributed by atoms with Crippen LogP contribution in [0.3, 0.4) is 0 Å². The summed E-state index contributed by atoms with van der Waals surface area (Å²) in [5, 5.41) is 3.77. The average molecular weight is 639 g/mol.